The molecule has 0 N–H and O–H groups in total. The first-order valence-corrected chi connectivity index (χ1v) is 3.00. The summed E-state index contributed by atoms with van der Waals surface area (Å²) in [4.78, 5) is 2.11. The fourth-order valence-corrected chi connectivity index (χ4v) is 0.391. The molecule has 4 heteroatoms. The van der Waals surface area contributed by atoms with E-state index in [1.54, 1.807) is 0 Å². The van der Waals surface area contributed by atoms with Crippen molar-refractivity contribution in [3.8, 4) is 0 Å². The second kappa shape index (κ2) is 5.19. The summed E-state index contributed by atoms with van der Waals surface area (Å²) in [6, 6.07) is 0. The van der Waals surface area contributed by atoms with Crippen LogP contribution in [0.4, 0.5) is 0 Å². The largest absolute Gasteiger partial charge is 0.448 e. The van der Waals surface area contributed by atoms with E-state index in [1.165, 1.54) is 0 Å². The van der Waals surface area contributed by atoms with Gasteiger partial charge in [-0.1, -0.05) is 0 Å². The lowest BCUT2D eigenvalue weighted by Crippen LogP contribution is -2.18. The molecule has 0 aliphatic heterocycles. The standard InChI is InChI=1S/C4H13B2NO/c1-7(2)3-4-8-6-5/h6H,3-5H2,1-2H3. The lowest BCUT2D eigenvalue weighted by atomic mass is 9.72. The number of likely N-dealkylation sites (N-methyl/N-ethyl adjacent to an activating group) is 1. The number of rotatable bonds is 4. The fraction of sp³-hybridized carbons (Fsp3) is 1.00. The molecule has 0 spiro atoms. The summed E-state index contributed by atoms with van der Waals surface area (Å²) in [6.45, 7) is 1.87. The Morgan fingerprint density at radius 2 is 2.25 bits per heavy atom. The van der Waals surface area contributed by atoms with Crippen molar-refractivity contribution >= 4 is 15.1 Å². The number of hydrogen-bond donors (Lipinski definition) is 0. The Hall–Kier alpha value is 0.0499. The van der Waals surface area contributed by atoms with E-state index in [9.17, 15) is 0 Å². The third kappa shape index (κ3) is 6.05. The number of hydrogen-bond acceptors (Lipinski definition) is 2. The molecule has 0 heterocycles. The summed E-state index contributed by atoms with van der Waals surface area (Å²) in [6.07, 6.45) is 0. The summed E-state index contributed by atoms with van der Waals surface area (Å²) in [5.74, 6) is 0. The van der Waals surface area contributed by atoms with Crippen molar-refractivity contribution in [2.45, 2.75) is 0 Å². The van der Waals surface area contributed by atoms with Gasteiger partial charge in [-0.05, 0) is 14.1 Å². The van der Waals surface area contributed by atoms with E-state index in [-0.39, 0.29) is 0 Å². The predicted molar refractivity (Wildman–Crippen MR) is 40.2 cm³/mol. The highest BCUT2D eigenvalue weighted by Gasteiger charge is 1.86. The van der Waals surface area contributed by atoms with Gasteiger partial charge in [0.05, 0.1) is 0 Å². The van der Waals surface area contributed by atoms with Crippen molar-refractivity contribution in [2.75, 3.05) is 27.2 Å². The first-order chi connectivity index (χ1) is 3.77. The van der Waals surface area contributed by atoms with Crippen LogP contribution in [-0.4, -0.2) is 47.3 Å². The van der Waals surface area contributed by atoms with Gasteiger partial charge in [0.2, 0.25) is 7.37 Å². The first kappa shape index (κ1) is 8.05. The minimum atomic E-state index is 0.827. The van der Waals surface area contributed by atoms with Gasteiger partial charge in [0, 0.05) is 13.2 Å². The summed E-state index contributed by atoms with van der Waals surface area (Å²) in [7, 11) is 6.92. The summed E-state index contributed by atoms with van der Waals surface area (Å²) in [5.41, 5.74) is 0. The molecule has 0 atom stereocenters. The van der Waals surface area contributed by atoms with E-state index >= 15 is 0 Å². The van der Waals surface area contributed by atoms with Gasteiger partial charge in [0.15, 0.2) is 0 Å². The first-order valence-electron chi connectivity index (χ1n) is 3.00. The molecule has 0 aliphatic carbocycles. The van der Waals surface area contributed by atoms with Crippen LogP contribution in [0.5, 0.6) is 0 Å². The van der Waals surface area contributed by atoms with Crippen molar-refractivity contribution in [3.05, 3.63) is 0 Å². The van der Waals surface area contributed by atoms with E-state index in [1.807, 2.05) is 21.8 Å². The van der Waals surface area contributed by atoms with Crippen LogP contribution in [0.15, 0.2) is 0 Å². The molecule has 0 unspecified atom stereocenters. The second-order valence-electron chi connectivity index (χ2n) is 2.00. The Kier molecular flexibility index (Phi) is 5.22. The van der Waals surface area contributed by atoms with E-state index in [0.717, 1.165) is 20.5 Å². The third-order valence-electron chi connectivity index (χ3n) is 0.887. The lowest BCUT2D eigenvalue weighted by Gasteiger charge is -2.07. The van der Waals surface area contributed by atoms with Crippen molar-refractivity contribution in [1.82, 2.24) is 4.90 Å². The lowest BCUT2D eigenvalue weighted by molar-refractivity contribution is 0.276. The molecule has 0 radical (unpaired) electrons. The molecule has 0 fully saturated rings. The van der Waals surface area contributed by atoms with Gasteiger partial charge in [-0.25, -0.2) is 0 Å². The van der Waals surface area contributed by atoms with Gasteiger partial charge < -0.3 is 9.55 Å². The number of nitrogens with zero attached hydrogens (tertiary/aromatic N) is 1. The van der Waals surface area contributed by atoms with Crippen LogP contribution in [0.25, 0.3) is 0 Å². The van der Waals surface area contributed by atoms with E-state index in [2.05, 4.69) is 4.90 Å². The molecule has 0 amide bonds. The molecule has 46 valence electrons. The average molecular weight is 113 g/mol. The van der Waals surface area contributed by atoms with Crippen LogP contribution in [0.1, 0.15) is 0 Å². The highest BCUT2D eigenvalue weighted by molar-refractivity contribution is 6.85. The molecular formula is C4H13B2NO. The zero-order valence-corrected chi connectivity index (χ0v) is 5.98. The van der Waals surface area contributed by atoms with Crippen molar-refractivity contribution in [2.24, 2.45) is 0 Å². The van der Waals surface area contributed by atoms with E-state index in [0.29, 0.717) is 0 Å². The Bertz CT molecular complexity index is 51.3. The average Bonchev–Trinajstić information content (AvgIpc) is 1.66. The quantitative estimate of drug-likeness (QED) is 0.323. The smallest absolute Gasteiger partial charge is 0.230 e. The van der Waals surface area contributed by atoms with Gasteiger partial charge in [-0.2, -0.15) is 0 Å². The van der Waals surface area contributed by atoms with Crippen molar-refractivity contribution < 1.29 is 4.65 Å². The van der Waals surface area contributed by atoms with Gasteiger partial charge >= 0.3 is 0 Å². The third-order valence-corrected chi connectivity index (χ3v) is 0.887. The Labute approximate surface area is 52.9 Å². The molecule has 0 rings (SSSR count). The molecule has 0 aromatic carbocycles. The minimum absolute atomic E-state index is 0.827. The monoisotopic (exact) mass is 113 g/mol. The molecule has 8 heavy (non-hydrogen) atoms. The maximum Gasteiger partial charge on any atom is 0.230 e. The topological polar surface area (TPSA) is 12.5 Å². The summed E-state index contributed by atoms with van der Waals surface area (Å²) in [5, 5.41) is 0. The molecular weight excluding hydrogens is 99.7 g/mol. The van der Waals surface area contributed by atoms with Crippen LogP contribution >= 0.6 is 0 Å². The molecule has 0 aromatic rings. The molecule has 0 saturated carbocycles. The molecule has 2 nitrogen and oxygen atoms in total. The predicted octanol–water partition coefficient (Wildman–Crippen LogP) is -1.54. The second-order valence-corrected chi connectivity index (χ2v) is 2.00. The normalized spacial score (nSPS) is 9.88. The Morgan fingerprint density at radius 3 is 2.62 bits per heavy atom. The van der Waals surface area contributed by atoms with Crippen LogP contribution in [0, 0.1) is 0 Å². The maximum atomic E-state index is 5.10. The van der Waals surface area contributed by atoms with Gasteiger partial charge in [0.1, 0.15) is 7.74 Å². The van der Waals surface area contributed by atoms with Crippen LogP contribution in [0.3, 0.4) is 0 Å². The van der Waals surface area contributed by atoms with Gasteiger partial charge in [-0.15, -0.1) is 0 Å². The zero-order chi connectivity index (χ0) is 6.41. The minimum Gasteiger partial charge on any atom is -0.448 e. The Morgan fingerprint density at radius 1 is 1.62 bits per heavy atom. The summed E-state index contributed by atoms with van der Waals surface area (Å²) >= 11 is 0. The molecule has 0 aromatic heterocycles. The SMILES string of the molecule is BBOCCN(C)C. The van der Waals surface area contributed by atoms with Gasteiger partial charge in [-0.3, -0.25) is 0 Å². The summed E-state index contributed by atoms with van der Waals surface area (Å²) < 4.78 is 5.10. The van der Waals surface area contributed by atoms with E-state index in [4.69, 9.17) is 4.65 Å². The highest BCUT2D eigenvalue weighted by atomic mass is 16.4. The maximum absolute atomic E-state index is 5.10. The van der Waals surface area contributed by atoms with Crippen LogP contribution in [-0.2, 0) is 4.65 Å². The van der Waals surface area contributed by atoms with E-state index < -0.39 is 0 Å². The fourth-order valence-electron chi connectivity index (χ4n) is 0.391. The van der Waals surface area contributed by atoms with Crippen molar-refractivity contribution in [3.63, 3.8) is 0 Å². The Balaban J connectivity index is 2.72. The zero-order valence-electron chi connectivity index (χ0n) is 5.98. The highest BCUT2D eigenvalue weighted by Crippen LogP contribution is 1.73. The van der Waals surface area contributed by atoms with Crippen LogP contribution < -0.4 is 0 Å². The molecule has 0 aliphatic rings. The van der Waals surface area contributed by atoms with Crippen LogP contribution in [0.2, 0.25) is 0 Å². The molecule has 0 saturated heterocycles. The molecule has 0 bridgehead atoms. The van der Waals surface area contributed by atoms with Crippen molar-refractivity contribution in [1.29, 1.82) is 0 Å². The van der Waals surface area contributed by atoms with Gasteiger partial charge in [0.25, 0.3) is 0 Å².